The second-order valence-electron chi connectivity index (χ2n) is 4.00. The lowest BCUT2D eigenvalue weighted by Crippen LogP contribution is -2.16. The normalized spacial score (nSPS) is 12.7. The maximum absolute atomic E-state index is 6.03. The van der Waals surface area contributed by atoms with E-state index in [9.17, 15) is 0 Å². The van der Waals surface area contributed by atoms with E-state index in [2.05, 4.69) is 62.3 Å². The summed E-state index contributed by atoms with van der Waals surface area (Å²) < 4.78 is 2.11. The van der Waals surface area contributed by atoms with Gasteiger partial charge in [0.1, 0.15) is 0 Å². The highest BCUT2D eigenvalue weighted by Gasteiger charge is 2.16. The minimum Gasteiger partial charge on any atom is -0.309 e. The molecule has 0 amide bonds. The van der Waals surface area contributed by atoms with Crippen LogP contribution in [0.5, 0.6) is 0 Å². The first-order valence-electron chi connectivity index (χ1n) is 5.41. The molecule has 1 heterocycles. The molecule has 18 heavy (non-hydrogen) atoms. The third-order valence-corrected chi connectivity index (χ3v) is 6.14. The van der Waals surface area contributed by atoms with Gasteiger partial charge in [0, 0.05) is 9.35 Å². The van der Waals surface area contributed by atoms with E-state index in [4.69, 9.17) is 11.6 Å². The molecule has 2 rings (SSSR count). The van der Waals surface area contributed by atoms with Gasteiger partial charge in [0.05, 0.1) is 14.9 Å². The zero-order valence-corrected chi connectivity index (χ0v) is 14.7. The van der Waals surface area contributed by atoms with Gasteiger partial charge in [-0.15, -0.1) is 11.3 Å². The van der Waals surface area contributed by atoms with Gasteiger partial charge in [0.15, 0.2) is 0 Å². The fourth-order valence-electron chi connectivity index (χ4n) is 1.79. The summed E-state index contributed by atoms with van der Waals surface area (Å²) in [5, 5.41) is 4.08. The summed E-state index contributed by atoms with van der Waals surface area (Å²) in [6.07, 6.45) is 0. The first kappa shape index (κ1) is 14.5. The van der Waals surface area contributed by atoms with Gasteiger partial charge in [-0.3, -0.25) is 0 Å². The molecule has 5 heteroatoms. The lowest BCUT2D eigenvalue weighted by molar-refractivity contribution is 0.703. The van der Waals surface area contributed by atoms with E-state index in [1.165, 1.54) is 19.8 Å². The summed E-state index contributed by atoms with van der Waals surface area (Å²) >= 11 is 14.8. The Kier molecular flexibility index (Phi) is 4.89. The van der Waals surface area contributed by atoms with Crippen molar-refractivity contribution in [3.05, 3.63) is 53.6 Å². The van der Waals surface area contributed by atoms with E-state index >= 15 is 0 Å². The van der Waals surface area contributed by atoms with E-state index in [0.717, 1.165) is 9.50 Å². The van der Waals surface area contributed by atoms with E-state index in [1.54, 1.807) is 11.3 Å². The van der Waals surface area contributed by atoms with Crippen molar-refractivity contribution in [2.45, 2.75) is 13.0 Å². The maximum atomic E-state index is 6.03. The number of nitrogens with one attached hydrogen (secondary N) is 1. The van der Waals surface area contributed by atoms with Crippen molar-refractivity contribution in [2.24, 2.45) is 0 Å². The van der Waals surface area contributed by atoms with Crippen molar-refractivity contribution in [3.63, 3.8) is 0 Å². The lowest BCUT2D eigenvalue weighted by atomic mass is 10.1. The van der Waals surface area contributed by atoms with Crippen LogP contribution in [0, 0.1) is 6.92 Å². The number of hydrogen-bond acceptors (Lipinski definition) is 2. The fraction of sp³-hybridized carbons (Fsp3) is 0.231. The zero-order chi connectivity index (χ0) is 13.3. The Hall–Kier alpha value is 0.130. The molecule has 0 saturated carbocycles. The van der Waals surface area contributed by atoms with Gasteiger partial charge >= 0.3 is 0 Å². The monoisotopic (exact) mass is 407 g/mol. The first-order chi connectivity index (χ1) is 8.52. The van der Waals surface area contributed by atoms with Crippen LogP contribution in [-0.4, -0.2) is 7.05 Å². The number of aryl methyl sites for hydroxylation is 1. The van der Waals surface area contributed by atoms with Crippen molar-refractivity contribution in [3.8, 4) is 0 Å². The summed E-state index contributed by atoms with van der Waals surface area (Å²) in [6, 6.07) is 8.43. The molecule has 0 fully saturated rings. The lowest BCUT2D eigenvalue weighted by Gasteiger charge is -2.15. The molecule has 96 valence electrons. The van der Waals surface area contributed by atoms with Crippen molar-refractivity contribution in [1.29, 1.82) is 0 Å². The quantitative estimate of drug-likeness (QED) is 0.701. The van der Waals surface area contributed by atoms with Gasteiger partial charge < -0.3 is 5.32 Å². The summed E-state index contributed by atoms with van der Waals surface area (Å²) in [6.45, 7) is 2.11. The van der Waals surface area contributed by atoms with Crippen LogP contribution >= 0.6 is 54.8 Å². The average molecular weight is 410 g/mol. The van der Waals surface area contributed by atoms with Crippen molar-refractivity contribution in [1.82, 2.24) is 5.32 Å². The number of thiophene rings is 1. The second-order valence-corrected chi connectivity index (χ2v) is 7.66. The molecule has 1 nitrogen and oxygen atoms in total. The number of rotatable bonds is 3. The third kappa shape index (κ3) is 2.99. The van der Waals surface area contributed by atoms with Crippen molar-refractivity contribution >= 4 is 54.8 Å². The largest absolute Gasteiger partial charge is 0.309 e. The molecular formula is C13H12Br2ClNS. The smallest absolute Gasteiger partial charge is 0.0731 e. The molecule has 1 aromatic heterocycles. The average Bonchev–Trinajstić information content (AvgIpc) is 2.65. The number of hydrogen-bond donors (Lipinski definition) is 1. The molecule has 1 aromatic carbocycles. The Bertz CT molecular complexity index is 549. The van der Waals surface area contributed by atoms with Gasteiger partial charge in [-0.2, -0.15) is 0 Å². The molecule has 0 bridgehead atoms. The van der Waals surface area contributed by atoms with E-state index in [-0.39, 0.29) is 6.04 Å². The van der Waals surface area contributed by atoms with E-state index in [0.29, 0.717) is 0 Å². The molecule has 1 N–H and O–H groups in total. The van der Waals surface area contributed by atoms with Gasteiger partial charge in [-0.05, 0) is 75.2 Å². The van der Waals surface area contributed by atoms with Crippen LogP contribution in [0.25, 0.3) is 0 Å². The van der Waals surface area contributed by atoms with Crippen molar-refractivity contribution in [2.75, 3.05) is 7.05 Å². The molecule has 0 radical (unpaired) electrons. The van der Waals surface area contributed by atoms with Gasteiger partial charge in [-0.25, -0.2) is 0 Å². The molecule has 0 saturated heterocycles. The van der Waals surface area contributed by atoms with Crippen LogP contribution in [-0.2, 0) is 0 Å². The molecule has 1 atom stereocenters. The third-order valence-electron chi connectivity index (χ3n) is 2.73. The van der Waals surface area contributed by atoms with Gasteiger partial charge in [0.2, 0.25) is 0 Å². The minimum atomic E-state index is 0.188. The summed E-state index contributed by atoms with van der Waals surface area (Å²) in [7, 11) is 1.97. The fourth-order valence-corrected chi connectivity index (χ4v) is 4.01. The second kappa shape index (κ2) is 6.06. The first-order valence-corrected chi connectivity index (χ1v) is 8.19. The highest BCUT2D eigenvalue weighted by Crippen LogP contribution is 2.35. The van der Waals surface area contributed by atoms with E-state index in [1.807, 2.05) is 13.1 Å². The number of benzene rings is 1. The maximum Gasteiger partial charge on any atom is 0.0731 e. The Morgan fingerprint density at radius 3 is 2.50 bits per heavy atom. The van der Waals surface area contributed by atoms with Crippen LogP contribution < -0.4 is 5.32 Å². The molecular weight excluding hydrogens is 397 g/mol. The van der Waals surface area contributed by atoms with Crippen LogP contribution in [0.1, 0.15) is 22.0 Å². The zero-order valence-electron chi connectivity index (χ0n) is 9.93. The Morgan fingerprint density at radius 2 is 2.00 bits per heavy atom. The SMILES string of the molecule is CNC(c1ccc(Cl)c(Br)c1)c1cc(C)c(Br)s1. The highest BCUT2D eigenvalue weighted by molar-refractivity contribution is 9.11. The topological polar surface area (TPSA) is 12.0 Å². The summed E-state index contributed by atoms with van der Waals surface area (Å²) in [5.74, 6) is 0. The molecule has 1 unspecified atom stereocenters. The molecule has 0 aliphatic rings. The Labute approximate surface area is 133 Å². The van der Waals surface area contributed by atoms with Crippen LogP contribution in [0.15, 0.2) is 32.5 Å². The predicted molar refractivity (Wildman–Crippen MR) is 86.8 cm³/mol. The Morgan fingerprint density at radius 1 is 1.28 bits per heavy atom. The summed E-state index contributed by atoms with van der Waals surface area (Å²) in [4.78, 5) is 1.29. The van der Waals surface area contributed by atoms with Gasteiger partial charge in [0.25, 0.3) is 0 Å². The molecule has 0 spiro atoms. The Balaban J connectivity index is 2.41. The van der Waals surface area contributed by atoms with Crippen LogP contribution in [0.4, 0.5) is 0 Å². The van der Waals surface area contributed by atoms with Crippen molar-refractivity contribution < 1.29 is 0 Å². The van der Waals surface area contributed by atoms with E-state index < -0.39 is 0 Å². The number of halogens is 3. The standard InChI is InChI=1S/C13H12Br2ClNS/c1-7-5-11(18-13(7)15)12(17-2)8-3-4-10(16)9(14)6-8/h3-6,12,17H,1-2H3. The van der Waals surface area contributed by atoms with Crippen LogP contribution in [0.3, 0.4) is 0 Å². The minimum absolute atomic E-state index is 0.188. The summed E-state index contributed by atoms with van der Waals surface area (Å²) in [5.41, 5.74) is 2.46. The highest BCUT2D eigenvalue weighted by atomic mass is 79.9. The van der Waals surface area contributed by atoms with Gasteiger partial charge in [-0.1, -0.05) is 17.7 Å². The molecule has 0 aliphatic carbocycles. The predicted octanol–water partition coefficient (Wildman–Crippen LogP) is 5.54. The van der Waals surface area contributed by atoms with Crippen LogP contribution in [0.2, 0.25) is 5.02 Å². The molecule has 2 aromatic rings. The molecule has 0 aliphatic heterocycles.